The van der Waals surface area contributed by atoms with Crippen LogP contribution < -0.4 is 19.6 Å². The summed E-state index contributed by atoms with van der Waals surface area (Å²) in [5.41, 5.74) is 4.28. The van der Waals surface area contributed by atoms with E-state index in [-0.39, 0.29) is 5.75 Å². The van der Waals surface area contributed by atoms with Gasteiger partial charge in [-0.25, -0.2) is 10.2 Å². The fourth-order valence-electron chi connectivity index (χ4n) is 2.88. The minimum atomic E-state index is -0.773. The molecular weight excluding hydrogens is 524 g/mol. The summed E-state index contributed by atoms with van der Waals surface area (Å²) in [6.07, 6.45) is 0.672. The van der Waals surface area contributed by atoms with Crippen molar-refractivity contribution >= 4 is 45.6 Å². The molecular formula is C25H22BrClN2O5. The Balaban J connectivity index is 1.61. The van der Waals surface area contributed by atoms with Gasteiger partial charge in [-0.15, -0.1) is 0 Å². The second-order valence-electron chi connectivity index (χ2n) is 7.18. The Morgan fingerprint density at radius 1 is 1.06 bits per heavy atom. The Morgan fingerprint density at radius 3 is 2.50 bits per heavy atom. The van der Waals surface area contributed by atoms with Crippen molar-refractivity contribution in [3.05, 3.63) is 86.8 Å². The number of carbonyl (C=O) groups is 2. The Hall–Kier alpha value is -3.36. The molecule has 0 spiro atoms. The van der Waals surface area contributed by atoms with Crippen LogP contribution in [0.4, 0.5) is 0 Å². The van der Waals surface area contributed by atoms with Crippen molar-refractivity contribution in [2.45, 2.75) is 20.0 Å². The minimum Gasteiger partial charge on any atom is -0.493 e. The van der Waals surface area contributed by atoms with Gasteiger partial charge in [0.25, 0.3) is 5.91 Å². The Morgan fingerprint density at radius 2 is 1.79 bits per heavy atom. The maximum Gasteiger partial charge on any atom is 0.344 e. The molecule has 0 fully saturated rings. The Bertz CT molecular complexity index is 1230. The van der Waals surface area contributed by atoms with Gasteiger partial charge in [-0.05, 0) is 89.4 Å². The molecule has 176 valence electrons. The van der Waals surface area contributed by atoms with Crippen molar-refractivity contribution in [1.82, 2.24) is 5.43 Å². The highest BCUT2D eigenvalue weighted by Gasteiger charge is 2.16. The lowest BCUT2D eigenvalue weighted by molar-refractivity contribution is -0.127. The van der Waals surface area contributed by atoms with Gasteiger partial charge >= 0.3 is 5.97 Å². The van der Waals surface area contributed by atoms with Crippen molar-refractivity contribution in [3.8, 4) is 17.2 Å². The molecule has 0 aliphatic heterocycles. The number of nitrogens with zero attached hydrogens (tertiary/aromatic N) is 1. The minimum absolute atomic E-state index is 0.254. The van der Waals surface area contributed by atoms with E-state index in [9.17, 15) is 9.59 Å². The van der Waals surface area contributed by atoms with E-state index in [1.54, 1.807) is 67.6 Å². The molecule has 0 bridgehead atoms. The van der Waals surface area contributed by atoms with Crippen LogP contribution >= 0.6 is 27.5 Å². The summed E-state index contributed by atoms with van der Waals surface area (Å²) >= 11 is 9.28. The maximum atomic E-state index is 12.5. The number of amides is 1. The van der Waals surface area contributed by atoms with Gasteiger partial charge in [0, 0.05) is 9.50 Å². The monoisotopic (exact) mass is 544 g/mol. The summed E-state index contributed by atoms with van der Waals surface area (Å²) < 4.78 is 17.1. The number of hydrogen-bond acceptors (Lipinski definition) is 6. The van der Waals surface area contributed by atoms with E-state index < -0.39 is 18.0 Å². The first-order valence-electron chi connectivity index (χ1n) is 10.2. The number of benzene rings is 3. The zero-order chi connectivity index (χ0) is 24.7. The zero-order valence-electron chi connectivity index (χ0n) is 18.7. The highest BCUT2D eigenvalue weighted by Crippen LogP contribution is 2.29. The smallest absolute Gasteiger partial charge is 0.344 e. The second kappa shape index (κ2) is 11.7. The number of ether oxygens (including phenoxy) is 3. The van der Waals surface area contributed by atoms with E-state index in [0.29, 0.717) is 32.1 Å². The lowest BCUT2D eigenvalue weighted by Gasteiger charge is -2.15. The molecule has 0 heterocycles. The molecule has 34 heavy (non-hydrogen) atoms. The van der Waals surface area contributed by atoms with Crippen molar-refractivity contribution in [2.24, 2.45) is 5.10 Å². The summed E-state index contributed by atoms with van der Waals surface area (Å²) in [5.74, 6) is 0.213. The van der Waals surface area contributed by atoms with Crippen LogP contribution in [-0.4, -0.2) is 31.3 Å². The van der Waals surface area contributed by atoms with Gasteiger partial charge in [-0.3, -0.25) is 4.79 Å². The molecule has 7 nitrogen and oxygen atoms in total. The number of esters is 1. The lowest BCUT2D eigenvalue weighted by Crippen LogP contribution is -2.33. The highest BCUT2D eigenvalue weighted by atomic mass is 79.9. The molecule has 0 saturated carbocycles. The largest absolute Gasteiger partial charge is 0.493 e. The fraction of sp³-hybridized carbons (Fsp3) is 0.160. The average Bonchev–Trinajstić information content (AvgIpc) is 2.81. The molecule has 1 amide bonds. The number of hydrazone groups is 1. The van der Waals surface area contributed by atoms with Crippen LogP contribution in [0.2, 0.25) is 5.02 Å². The maximum absolute atomic E-state index is 12.5. The van der Waals surface area contributed by atoms with Gasteiger partial charge in [0.15, 0.2) is 17.6 Å². The van der Waals surface area contributed by atoms with Gasteiger partial charge in [0.2, 0.25) is 0 Å². The first-order chi connectivity index (χ1) is 16.3. The number of methoxy groups -OCH3 is 1. The summed E-state index contributed by atoms with van der Waals surface area (Å²) in [5, 5.41) is 4.56. The van der Waals surface area contributed by atoms with Crippen LogP contribution in [-0.2, 0) is 4.79 Å². The summed E-state index contributed by atoms with van der Waals surface area (Å²) in [6, 6.07) is 17.0. The average molecular weight is 546 g/mol. The first kappa shape index (κ1) is 25.3. The third-order valence-corrected chi connectivity index (χ3v) is 5.61. The quantitative estimate of drug-likeness (QED) is 0.173. The summed E-state index contributed by atoms with van der Waals surface area (Å²) in [6.45, 7) is 3.47. The van der Waals surface area contributed by atoms with Gasteiger partial charge in [-0.1, -0.05) is 23.7 Å². The third-order valence-electron chi connectivity index (χ3n) is 4.68. The van der Waals surface area contributed by atoms with Crippen LogP contribution in [0.15, 0.2) is 70.2 Å². The van der Waals surface area contributed by atoms with Gasteiger partial charge in [0.05, 0.1) is 18.9 Å². The number of aryl methyl sites for hydroxylation is 1. The van der Waals surface area contributed by atoms with Crippen LogP contribution in [0.3, 0.4) is 0 Å². The zero-order valence-corrected chi connectivity index (χ0v) is 21.0. The molecule has 1 unspecified atom stereocenters. The highest BCUT2D eigenvalue weighted by molar-refractivity contribution is 9.10. The molecule has 9 heteroatoms. The molecule has 0 aliphatic rings. The van der Waals surface area contributed by atoms with Gasteiger partial charge < -0.3 is 14.2 Å². The number of carbonyl (C=O) groups excluding carboxylic acids is 2. The third kappa shape index (κ3) is 6.59. The normalized spacial score (nSPS) is 11.7. The van der Waals surface area contributed by atoms with Crippen molar-refractivity contribution < 1.29 is 23.8 Å². The van der Waals surface area contributed by atoms with Crippen LogP contribution in [0.5, 0.6) is 17.2 Å². The number of hydrogen-bond donors (Lipinski definition) is 1. The van der Waals surface area contributed by atoms with Crippen molar-refractivity contribution in [2.75, 3.05) is 7.11 Å². The van der Waals surface area contributed by atoms with Gasteiger partial charge in [-0.2, -0.15) is 5.10 Å². The van der Waals surface area contributed by atoms with E-state index in [1.807, 2.05) is 6.92 Å². The van der Waals surface area contributed by atoms with E-state index in [0.717, 1.165) is 5.56 Å². The lowest BCUT2D eigenvalue weighted by atomic mass is 10.2. The molecule has 3 rings (SSSR count). The van der Waals surface area contributed by atoms with E-state index in [2.05, 4.69) is 26.5 Å². The van der Waals surface area contributed by atoms with E-state index >= 15 is 0 Å². The van der Waals surface area contributed by atoms with Gasteiger partial charge in [0.1, 0.15) is 5.75 Å². The standard InChI is InChI=1S/C25H22BrClN2O5/c1-15-12-18(27)9-11-21(15)33-16(2)24(30)29-28-14-17-8-10-22(23(13-17)32-3)34-25(31)19-6-4-5-7-20(19)26/h4-14,16H,1-3H3,(H,29,30). The van der Waals surface area contributed by atoms with Crippen molar-refractivity contribution in [3.63, 3.8) is 0 Å². The number of nitrogens with one attached hydrogen (secondary N) is 1. The van der Waals surface area contributed by atoms with Crippen LogP contribution in [0, 0.1) is 6.92 Å². The molecule has 0 aromatic heterocycles. The molecule has 3 aromatic carbocycles. The predicted octanol–water partition coefficient (Wildman–Crippen LogP) is 5.56. The number of halogens is 2. The van der Waals surface area contributed by atoms with Crippen LogP contribution in [0.25, 0.3) is 0 Å². The molecule has 1 N–H and O–H groups in total. The SMILES string of the molecule is COc1cc(C=NNC(=O)C(C)Oc2ccc(Cl)cc2C)ccc1OC(=O)c1ccccc1Br. The first-order valence-corrected chi connectivity index (χ1v) is 11.4. The molecule has 0 radical (unpaired) electrons. The Labute approximate surface area is 210 Å². The van der Waals surface area contributed by atoms with E-state index in [1.165, 1.54) is 13.3 Å². The molecule has 3 aromatic rings. The number of rotatable bonds is 8. The van der Waals surface area contributed by atoms with Crippen molar-refractivity contribution in [1.29, 1.82) is 0 Å². The predicted molar refractivity (Wildman–Crippen MR) is 134 cm³/mol. The Kier molecular flexibility index (Phi) is 8.67. The second-order valence-corrected chi connectivity index (χ2v) is 8.47. The van der Waals surface area contributed by atoms with Crippen LogP contribution in [0.1, 0.15) is 28.4 Å². The molecule has 0 aliphatic carbocycles. The fourth-order valence-corrected chi connectivity index (χ4v) is 3.55. The summed E-state index contributed by atoms with van der Waals surface area (Å²) in [4.78, 5) is 24.8. The molecule has 1 atom stereocenters. The molecule has 0 saturated heterocycles. The summed E-state index contributed by atoms with van der Waals surface area (Å²) in [7, 11) is 1.46. The topological polar surface area (TPSA) is 86.2 Å². The van der Waals surface area contributed by atoms with E-state index in [4.69, 9.17) is 25.8 Å².